The van der Waals surface area contributed by atoms with E-state index in [1.54, 1.807) is 20.8 Å². The highest BCUT2D eigenvalue weighted by Crippen LogP contribution is 2.32. The van der Waals surface area contributed by atoms with Crippen molar-refractivity contribution in [3.05, 3.63) is 35.9 Å². The van der Waals surface area contributed by atoms with E-state index >= 15 is 0 Å². The number of rotatable bonds is 6. The van der Waals surface area contributed by atoms with E-state index in [-0.39, 0.29) is 24.4 Å². The van der Waals surface area contributed by atoms with E-state index < -0.39 is 24.4 Å². The van der Waals surface area contributed by atoms with Crippen molar-refractivity contribution in [2.75, 3.05) is 6.67 Å². The fourth-order valence-corrected chi connectivity index (χ4v) is 3.35. The molecule has 0 bridgehead atoms. The first-order valence-corrected chi connectivity index (χ1v) is 9.54. The molecule has 1 aromatic carbocycles. The molecule has 150 valence electrons. The van der Waals surface area contributed by atoms with E-state index in [1.807, 2.05) is 30.3 Å². The lowest BCUT2D eigenvalue weighted by Gasteiger charge is -2.32. The van der Waals surface area contributed by atoms with Gasteiger partial charge in [0.05, 0.1) is 12.0 Å². The molecule has 0 aromatic heterocycles. The Hall–Kier alpha value is -2.11. The Labute approximate surface area is 160 Å². The third kappa shape index (κ3) is 7.19. The van der Waals surface area contributed by atoms with Gasteiger partial charge in [0.15, 0.2) is 0 Å². The minimum atomic E-state index is -0.646. The van der Waals surface area contributed by atoms with Crippen molar-refractivity contribution in [2.24, 2.45) is 11.8 Å². The number of nitrogens with one attached hydrogen (secondary N) is 1. The molecule has 1 aromatic rings. The van der Waals surface area contributed by atoms with Gasteiger partial charge in [-0.25, -0.2) is 9.18 Å². The summed E-state index contributed by atoms with van der Waals surface area (Å²) in [6, 6.07) is 8.98. The van der Waals surface area contributed by atoms with E-state index in [1.165, 1.54) is 0 Å². The predicted octanol–water partition coefficient (Wildman–Crippen LogP) is 4.40. The Bertz CT molecular complexity index is 606. The number of amides is 1. The molecule has 0 radical (unpaired) electrons. The number of benzene rings is 1. The third-order valence-electron chi connectivity index (χ3n) is 4.77. The molecule has 1 unspecified atom stereocenters. The minimum absolute atomic E-state index is 0.000640. The molecule has 1 aliphatic rings. The van der Waals surface area contributed by atoms with Gasteiger partial charge in [-0.15, -0.1) is 0 Å². The van der Waals surface area contributed by atoms with E-state index in [9.17, 15) is 14.0 Å². The van der Waals surface area contributed by atoms with Crippen molar-refractivity contribution in [2.45, 2.75) is 64.7 Å². The molecule has 0 saturated heterocycles. The number of alkyl halides is 1. The van der Waals surface area contributed by atoms with Crippen LogP contribution in [0.2, 0.25) is 0 Å². The average molecular weight is 379 g/mol. The summed E-state index contributed by atoms with van der Waals surface area (Å²) in [6.07, 6.45) is 2.04. The van der Waals surface area contributed by atoms with Crippen molar-refractivity contribution in [3.8, 4) is 0 Å². The van der Waals surface area contributed by atoms with Gasteiger partial charge in [0.2, 0.25) is 0 Å². The predicted molar refractivity (Wildman–Crippen MR) is 101 cm³/mol. The molecule has 1 N–H and O–H groups in total. The summed E-state index contributed by atoms with van der Waals surface area (Å²) in [4.78, 5) is 24.2. The maximum Gasteiger partial charge on any atom is 0.407 e. The van der Waals surface area contributed by atoms with E-state index in [0.717, 1.165) is 5.56 Å². The highest BCUT2D eigenvalue weighted by Gasteiger charge is 2.33. The summed E-state index contributed by atoms with van der Waals surface area (Å²) < 4.78 is 24.0. The van der Waals surface area contributed by atoms with Crippen LogP contribution in [-0.2, 0) is 20.9 Å². The smallest absolute Gasteiger partial charge is 0.407 e. The van der Waals surface area contributed by atoms with Crippen molar-refractivity contribution in [1.82, 2.24) is 5.32 Å². The average Bonchev–Trinajstić information content (AvgIpc) is 2.64. The Morgan fingerprint density at radius 1 is 1.15 bits per heavy atom. The SMILES string of the molecule is CC(C)(C)OC(=O)NC(CF)[C@H]1CC[C@H](C(=O)OCc2ccccc2)CC1. The van der Waals surface area contributed by atoms with Crippen LogP contribution in [0.15, 0.2) is 30.3 Å². The van der Waals surface area contributed by atoms with Crippen molar-refractivity contribution < 1.29 is 23.5 Å². The number of carbonyl (C=O) groups excluding carboxylic acids is 2. The molecular weight excluding hydrogens is 349 g/mol. The topological polar surface area (TPSA) is 64.6 Å². The van der Waals surface area contributed by atoms with E-state index in [0.29, 0.717) is 25.7 Å². The number of carbonyl (C=O) groups is 2. The molecule has 0 heterocycles. The molecule has 1 atom stereocenters. The second kappa shape index (κ2) is 9.72. The van der Waals surface area contributed by atoms with Crippen LogP contribution in [-0.4, -0.2) is 30.4 Å². The molecule has 1 saturated carbocycles. The van der Waals surface area contributed by atoms with Gasteiger partial charge in [-0.1, -0.05) is 30.3 Å². The van der Waals surface area contributed by atoms with Crippen molar-refractivity contribution >= 4 is 12.1 Å². The largest absolute Gasteiger partial charge is 0.461 e. The number of hydrogen-bond donors (Lipinski definition) is 1. The molecular formula is C21H30FNO4. The molecule has 6 heteroatoms. The molecule has 0 spiro atoms. The zero-order chi connectivity index (χ0) is 19.9. The third-order valence-corrected chi connectivity index (χ3v) is 4.77. The van der Waals surface area contributed by atoms with Crippen molar-refractivity contribution in [1.29, 1.82) is 0 Å². The highest BCUT2D eigenvalue weighted by molar-refractivity contribution is 5.72. The van der Waals surface area contributed by atoms with Crippen LogP contribution in [0.3, 0.4) is 0 Å². The van der Waals surface area contributed by atoms with Crippen LogP contribution in [0.1, 0.15) is 52.0 Å². The van der Waals surface area contributed by atoms with Gasteiger partial charge in [0.25, 0.3) is 0 Å². The summed E-state index contributed by atoms with van der Waals surface area (Å²) in [5, 5.41) is 2.63. The summed E-state index contributed by atoms with van der Waals surface area (Å²) in [7, 11) is 0. The maximum absolute atomic E-state index is 13.4. The Kier molecular flexibility index (Phi) is 7.63. The quantitative estimate of drug-likeness (QED) is 0.744. The zero-order valence-electron chi connectivity index (χ0n) is 16.4. The number of halogens is 1. The second-order valence-corrected chi connectivity index (χ2v) is 8.11. The van der Waals surface area contributed by atoms with Crippen molar-refractivity contribution in [3.63, 3.8) is 0 Å². The van der Waals surface area contributed by atoms with Gasteiger partial charge < -0.3 is 14.8 Å². The minimum Gasteiger partial charge on any atom is -0.461 e. The number of ether oxygens (including phenoxy) is 2. The summed E-state index contributed by atoms with van der Waals surface area (Å²) in [5.74, 6) is -0.360. The maximum atomic E-state index is 13.4. The lowest BCUT2D eigenvalue weighted by molar-refractivity contribution is -0.151. The van der Waals surface area contributed by atoms with Crippen LogP contribution in [0, 0.1) is 11.8 Å². The lowest BCUT2D eigenvalue weighted by Crippen LogP contribution is -2.45. The fourth-order valence-electron chi connectivity index (χ4n) is 3.35. The van der Waals surface area contributed by atoms with Gasteiger partial charge >= 0.3 is 12.1 Å². The highest BCUT2D eigenvalue weighted by atomic mass is 19.1. The Morgan fingerprint density at radius 3 is 2.33 bits per heavy atom. The molecule has 1 aliphatic carbocycles. The van der Waals surface area contributed by atoms with Crippen LogP contribution >= 0.6 is 0 Å². The standard InChI is InChI=1S/C21H30FNO4/c1-21(2,3)27-20(25)23-18(13-22)16-9-11-17(12-10-16)19(24)26-14-15-7-5-4-6-8-15/h4-8,16-18H,9-14H2,1-3H3,(H,23,25)/t16-,17-,18?. The number of esters is 1. The van der Waals surface area contributed by atoms with Crippen LogP contribution in [0.5, 0.6) is 0 Å². The molecule has 1 fully saturated rings. The molecule has 27 heavy (non-hydrogen) atoms. The zero-order valence-corrected chi connectivity index (χ0v) is 16.4. The fraction of sp³-hybridized carbons (Fsp3) is 0.619. The monoisotopic (exact) mass is 379 g/mol. The van der Waals surface area contributed by atoms with Gasteiger partial charge in [0.1, 0.15) is 18.9 Å². The molecule has 0 aliphatic heterocycles. The van der Waals surface area contributed by atoms with Gasteiger partial charge in [-0.05, 0) is 57.9 Å². The van der Waals surface area contributed by atoms with E-state index in [4.69, 9.17) is 9.47 Å². The first-order valence-electron chi connectivity index (χ1n) is 9.54. The first kappa shape index (κ1) is 21.2. The van der Waals surface area contributed by atoms with Crippen LogP contribution in [0.25, 0.3) is 0 Å². The van der Waals surface area contributed by atoms with Crippen LogP contribution < -0.4 is 5.32 Å². The van der Waals surface area contributed by atoms with Gasteiger partial charge in [-0.2, -0.15) is 0 Å². The number of alkyl carbamates (subject to hydrolysis) is 1. The summed E-state index contributed by atoms with van der Waals surface area (Å²) in [5.41, 5.74) is 0.337. The Balaban J connectivity index is 1.77. The van der Waals surface area contributed by atoms with E-state index in [2.05, 4.69) is 5.32 Å². The molecule has 1 amide bonds. The van der Waals surface area contributed by atoms with Gasteiger partial charge in [-0.3, -0.25) is 4.79 Å². The summed E-state index contributed by atoms with van der Waals surface area (Å²) in [6.45, 7) is 4.93. The molecule has 2 rings (SSSR count). The second-order valence-electron chi connectivity index (χ2n) is 8.11. The summed E-state index contributed by atoms with van der Waals surface area (Å²) >= 11 is 0. The Morgan fingerprint density at radius 2 is 1.78 bits per heavy atom. The van der Waals surface area contributed by atoms with Crippen LogP contribution in [0.4, 0.5) is 9.18 Å². The lowest BCUT2D eigenvalue weighted by atomic mass is 9.79. The van der Waals surface area contributed by atoms with Gasteiger partial charge in [0, 0.05) is 0 Å². The first-order chi connectivity index (χ1) is 12.8. The normalized spacial score (nSPS) is 21.2. The number of hydrogen-bond acceptors (Lipinski definition) is 4. The molecule has 5 nitrogen and oxygen atoms in total.